The van der Waals surface area contributed by atoms with E-state index in [4.69, 9.17) is 0 Å². The molecular formula is C16H23F2NO2. The molecule has 0 aromatic heterocycles. The van der Waals surface area contributed by atoms with Gasteiger partial charge in [0.2, 0.25) is 0 Å². The largest absolute Gasteiger partial charge is 0.396 e. The van der Waals surface area contributed by atoms with Crippen LogP contribution in [0.3, 0.4) is 0 Å². The summed E-state index contributed by atoms with van der Waals surface area (Å²) >= 11 is 0. The highest BCUT2D eigenvalue weighted by Gasteiger charge is 2.31. The summed E-state index contributed by atoms with van der Waals surface area (Å²) in [4.78, 5) is 0. The summed E-state index contributed by atoms with van der Waals surface area (Å²) < 4.78 is 26.0. The van der Waals surface area contributed by atoms with E-state index in [-0.39, 0.29) is 18.6 Å². The van der Waals surface area contributed by atoms with Crippen molar-refractivity contribution in [1.29, 1.82) is 0 Å². The first-order chi connectivity index (χ1) is 10.1. The van der Waals surface area contributed by atoms with Crippen LogP contribution in [0.1, 0.15) is 43.8 Å². The van der Waals surface area contributed by atoms with E-state index < -0.39 is 17.7 Å². The Kier molecular flexibility index (Phi) is 5.67. The van der Waals surface area contributed by atoms with Crippen molar-refractivity contribution in [2.45, 2.75) is 38.2 Å². The van der Waals surface area contributed by atoms with Gasteiger partial charge in [0, 0.05) is 25.1 Å². The predicted octanol–water partition coefficient (Wildman–Crippen LogP) is 2.53. The number of rotatable bonds is 6. The topological polar surface area (TPSA) is 52.5 Å². The summed E-state index contributed by atoms with van der Waals surface area (Å²) in [6.45, 7) is 1.03. The molecule has 21 heavy (non-hydrogen) atoms. The van der Waals surface area contributed by atoms with Crippen LogP contribution in [0, 0.1) is 17.0 Å². The van der Waals surface area contributed by atoms with Gasteiger partial charge in [-0.1, -0.05) is 25.3 Å². The van der Waals surface area contributed by atoms with Crippen molar-refractivity contribution >= 4 is 0 Å². The second kappa shape index (κ2) is 7.29. The summed E-state index contributed by atoms with van der Waals surface area (Å²) in [6.07, 6.45) is 4.52. The van der Waals surface area contributed by atoms with Crippen molar-refractivity contribution < 1.29 is 19.0 Å². The molecule has 1 fully saturated rings. The maximum Gasteiger partial charge on any atom is 0.159 e. The van der Waals surface area contributed by atoms with Crippen LogP contribution in [0.15, 0.2) is 18.2 Å². The van der Waals surface area contributed by atoms with Crippen LogP contribution in [-0.2, 0) is 0 Å². The van der Waals surface area contributed by atoms with E-state index in [1.54, 1.807) is 0 Å². The van der Waals surface area contributed by atoms with Crippen molar-refractivity contribution in [3.05, 3.63) is 35.4 Å². The molecule has 1 aromatic carbocycles. The zero-order valence-electron chi connectivity index (χ0n) is 12.1. The lowest BCUT2D eigenvalue weighted by Gasteiger charge is -2.36. The van der Waals surface area contributed by atoms with E-state index in [0.29, 0.717) is 12.1 Å². The SMILES string of the molecule is OCC1(CNCC(O)c2ccc(F)c(F)c2)CCCCC1. The number of aliphatic hydroxyl groups excluding tert-OH is 2. The smallest absolute Gasteiger partial charge is 0.159 e. The number of hydrogen-bond donors (Lipinski definition) is 3. The van der Waals surface area contributed by atoms with Crippen LogP contribution in [0.25, 0.3) is 0 Å². The van der Waals surface area contributed by atoms with Crippen LogP contribution in [0.5, 0.6) is 0 Å². The van der Waals surface area contributed by atoms with Gasteiger partial charge in [-0.3, -0.25) is 0 Å². The highest BCUT2D eigenvalue weighted by Crippen LogP contribution is 2.35. The quantitative estimate of drug-likeness (QED) is 0.756. The molecule has 0 aliphatic heterocycles. The third kappa shape index (κ3) is 4.22. The summed E-state index contributed by atoms with van der Waals surface area (Å²) in [7, 11) is 0. The van der Waals surface area contributed by atoms with Crippen molar-refractivity contribution in [2.75, 3.05) is 19.7 Å². The molecule has 118 valence electrons. The normalized spacial score (nSPS) is 19.4. The minimum atomic E-state index is -0.953. The molecule has 0 saturated heterocycles. The van der Waals surface area contributed by atoms with Crippen molar-refractivity contribution in [2.24, 2.45) is 5.41 Å². The fourth-order valence-electron chi connectivity index (χ4n) is 3.00. The van der Waals surface area contributed by atoms with Gasteiger partial charge in [-0.05, 0) is 30.5 Å². The van der Waals surface area contributed by atoms with Gasteiger partial charge < -0.3 is 15.5 Å². The Bertz CT molecular complexity index is 462. The Morgan fingerprint density at radius 2 is 1.86 bits per heavy atom. The minimum Gasteiger partial charge on any atom is -0.396 e. The van der Waals surface area contributed by atoms with Gasteiger partial charge in [-0.25, -0.2) is 8.78 Å². The fraction of sp³-hybridized carbons (Fsp3) is 0.625. The van der Waals surface area contributed by atoms with Gasteiger partial charge in [-0.2, -0.15) is 0 Å². The zero-order chi connectivity index (χ0) is 15.3. The Morgan fingerprint density at radius 3 is 2.48 bits per heavy atom. The van der Waals surface area contributed by atoms with E-state index in [0.717, 1.165) is 37.8 Å². The second-order valence-electron chi connectivity index (χ2n) is 6.04. The lowest BCUT2D eigenvalue weighted by molar-refractivity contribution is 0.0757. The van der Waals surface area contributed by atoms with Gasteiger partial charge in [0.1, 0.15) is 0 Å². The molecule has 1 aliphatic rings. The first kappa shape index (κ1) is 16.3. The lowest BCUT2D eigenvalue weighted by Crippen LogP contribution is -2.40. The van der Waals surface area contributed by atoms with Gasteiger partial charge in [-0.15, -0.1) is 0 Å². The van der Waals surface area contributed by atoms with Crippen LogP contribution in [0.2, 0.25) is 0 Å². The molecule has 2 rings (SSSR count). The first-order valence-corrected chi connectivity index (χ1v) is 7.51. The first-order valence-electron chi connectivity index (χ1n) is 7.51. The van der Waals surface area contributed by atoms with E-state index in [2.05, 4.69) is 5.32 Å². The summed E-state index contributed by atoms with van der Waals surface area (Å²) in [5.41, 5.74) is 0.245. The minimum absolute atomic E-state index is 0.105. The van der Waals surface area contributed by atoms with Crippen molar-refractivity contribution in [1.82, 2.24) is 5.32 Å². The predicted molar refractivity (Wildman–Crippen MR) is 76.8 cm³/mol. The average molecular weight is 299 g/mol. The van der Waals surface area contributed by atoms with Gasteiger partial charge in [0.25, 0.3) is 0 Å². The molecular weight excluding hydrogens is 276 g/mol. The molecule has 0 spiro atoms. The van der Waals surface area contributed by atoms with Crippen LogP contribution in [-0.4, -0.2) is 29.9 Å². The average Bonchev–Trinajstić information content (AvgIpc) is 2.51. The van der Waals surface area contributed by atoms with E-state index >= 15 is 0 Å². The molecule has 1 aromatic rings. The Balaban J connectivity index is 1.85. The summed E-state index contributed by atoms with van der Waals surface area (Å²) in [5.74, 6) is -1.87. The summed E-state index contributed by atoms with van der Waals surface area (Å²) in [5, 5.41) is 22.8. The highest BCUT2D eigenvalue weighted by atomic mass is 19.2. The molecule has 1 saturated carbocycles. The molecule has 0 amide bonds. The molecule has 1 atom stereocenters. The Morgan fingerprint density at radius 1 is 1.14 bits per heavy atom. The van der Waals surface area contributed by atoms with Crippen LogP contribution < -0.4 is 5.32 Å². The third-order valence-corrected chi connectivity index (χ3v) is 4.42. The van der Waals surface area contributed by atoms with Gasteiger partial charge >= 0.3 is 0 Å². The molecule has 1 unspecified atom stereocenters. The lowest BCUT2D eigenvalue weighted by atomic mass is 9.74. The maximum atomic E-state index is 13.1. The molecule has 1 aliphatic carbocycles. The summed E-state index contributed by atoms with van der Waals surface area (Å²) in [6, 6.07) is 3.42. The monoisotopic (exact) mass is 299 g/mol. The maximum absolute atomic E-state index is 13.1. The Hall–Kier alpha value is -1.04. The molecule has 3 nitrogen and oxygen atoms in total. The van der Waals surface area contributed by atoms with E-state index in [1.807, 2.05) is 0 Å². The number of aliphatic hydroxyl groups is 2. The Labute approximate surface area is 124 Å². The van der Waals surface area contributed by atoms with Crippen molar-refractivity contribution in [3.63, 3.8) is 0 Å². The van der Waals surface area contributed by atoms with Crippen LogP contribution in [0.4, 0.5) is 8.78 Å². The molecule has 5 heteroatoms. The molecule has 0 heterocycles. The number of halogens is 2. The van der Waals surface area contributed by atoms with E-state index in [1.165, 1.54) is 12.5 Å². The van der Waals surface area contributed by atoms with E-state index in [9.17, 15) is 19.0 Å². The van der Waals surface area contributed by atoms with Crippen molar-refractivity contribution in [3.8, 4) is 0 Å². The fourth-order valence-corrected chi connectivity index (χ4v) is 3.00. The van der Waals surface area contributed by atoms with Gasteiger partial charge in [0.05, 0.1) is 6.10 Å². The standard InChI is InChI=1S/C16H23F2NO2/c17-13-5-4-12(8-14(13)18)15(21)9-19-10-16(11-20)6-2-1-3-7-16/h4-5,8,15,19-21H,1-3,6-7,9-11H2. The molecule has 3 N–H and O–H groups in total. The van der Waals surface area contributed by atoms with Gasteiger partial charge in [0.15, 0.2) is 11.6 Å². The molecule has 0 radical (unpaired) electrons. The number of hydrogen-bond acceptors (Lipinski definition) is 3. The number of nitrogens with one attached hydrogen (secondary N) is 1. The zero-order valence-corrected chi connectivity index (χ0v) is 12.1. The second-order valence-corrected chi connectivity index (χ2v) is 6.04. The third-order valence-electron chi connectivity index (χ3n) is 4.42. The highest BCUT2D eigenvalue weighted by molar-refractivity contribution is 5.20. The number of benzene rings is 1. The molecule has 0 bridgehead atoms. The van der Waals surface area contributed by atoms with Crippen LogP contribution >= 0.6 is 0 Å².